The molecule has 0 spiro atoms. The van der Waals surface area contributed by atoms with E-state index in [1.54, 1.807) is 12.3 Å². The number of hydrogen-bond donors (Lipinski definition) is 0. The van der Waals surface area contributed by atoms with Crippen LogP contribution in [0.3, 0.4) is 0 Å². The summed E-state index contributed by atoms with van der Waals surface area (Å²) in [6.07, 6.45) is -4.45. The summed E-state index contributed by atoms with van der Waals surface area (Å²) < 4.78 is 39.2. The number of hydrogen-bond acceptors (Lipinski definition) is 3. The Labute approximate surface area is 122 Å². The number of alkyl halides is 3. The van der Waals surface area contributed by atoms with Crippen LogP contribution >= 0.6 is 11.3 Å². The van der Waals surface area contributed by atoms with E-state index in [1.807, 2.05) is 30.3 Å². The third kappa shape index (κ3) is 2.69. The number of halogens is 3. The van der Waals surface area contributed by atoms with Crippen molar-refractivity contribution in [3.63, 3.8) is 0 Å². The third-order valence-electron chi connectivity index (χ3n) is 2.92. The molecule has 0 saturated carbocycles. The molecule has 0 N–H and O–H groups in total. The fourth-order valence-corrected chi connectivity index (χ4v) is 2.75. The average molecular weight is 309 g/mol. The highest BCUT2D eigenvalue weighted by atomic mass is 32.1. The van der Waals surface area contributed by atoms with E-state index in [1.165, 1.54) is 16.0 Å². The minimum atomic E-state index is -4.45. The van der Waals surface area contributed by atoms with E-state index in [9.17, 15) is 13.2 Å². The molecule has 108 valence electrons. The van der Waals surface area contributed by atoms with Crippen molar-refractivity contribution < 1.29 is 13.2 Å². The van der Waals surface area contributed by atoms with Gasteiger partial charge in [0, 0.05) is 16.6 Å². The summed E-state index contributed by atoms with van der Waals surface area (Å²) >= 11 is 1.26. The fraction of sp³-hybridized carbons (Fsp3) is 0.143. The lowest BCUT2D eigenvalue weighted by Gasteiger charge is -2.00. The molecular weight excluding hydrogens is 299 g/mol. The molecule has 0 saturated heterocycles. The van der Waals surface area contributed by atoms with Crippen LogP contribution in [0.5, 0.6) is 0 Å². The van der Waals surface area contributed by atoms with E-state index in [0.717, 1.165) is 17.3 Å². The van der Waals surface area contributed by atoms with Crippen LogP contribution in [0.25, 0.3) is 16.4 Å². The van der Waals surface area contributed by atoms with E-state index in [-0.39, 0.29) is 0 Å². The lowest BCUT2D eigenvalue weighted by atomic mass is 10.2. The zero-order chi connectivity index (χ0) is 15.0. The van der Waals surface area contributed by atoms with Crippen LogP contribution in [-0.2, 0) is 6.18 Å². The molecule has 0 radical (unpaired) electrons. The molecular formula is C14H10F3N3S. The minimum Gasteiger partial charge on any atom is -0.218 e. The van der Waals surface area contributed by atoms with Crippen molar-refractivity contribution in [2.75, 3.05) is 0 Å². The van der Waals surface area contributed by atoms with Gasteiger partial charge in [-0.05, 0) is 13.0 Å². The molecule has 2 aromatic heterocycles. The van der Waals surface area contributed by atoms with Crippen LogP contribution in [-0.4, -0.2) is 14.8 Å². The Balaban J connectivity index is 1.99. The Morgan fingerprint density at radius 1 is 1.14 bits per heavy atom. The highest BCUT2D eigenvalue weighted by Gasteiger charge is 2.34. The number of aryl methyl sites for hydroxylation is 1. The van der Waals surface area contributed by atoms with Crippen LogP contribution in [0.4, 0.5) is 13.2 Å². The van der Waals surface area contributed by atoms with E-state index in [0.29, 0.717) is 10.8 Å². The maximum atomic E-state index is 12.7. The van der Waals surface area contributed by atoms with Crippen LogP contribution in [0.2, 0.25) is 0 Å². The lowest BCUT2D eigenvalue weighted by molar-refractivity contribution is -0.141. The van der Waals surface area contributed by atoms with Gasteiger partial charge in [0.2, 0.25) is 5.13 Å². The smallest absolute Gasteiger partial charge is 0.218 e. The molecule has 0 atom stereocenters. The third-order valence-corrected chi connectivity index (χ3v) is 3.74. The normalized spacial score (nSPS) is 11.8. The van der Waals surface area contributed by atoms with Crippen molar-refractivity contribution in [1.29, 1.82) is 0 Å². The molecule has 3 aromatic rings. The van der Waals surface area contributed by atoms with Crippen LogP contribution in [0, 0.1) is 6.92 Å². The van der Waals surface area contributed by atoms with Gasteiger partial charge in [-0.25, -0.2) is 9.67 Å². The predicted molar refractivity (Wildman–Crippen MR) is 74.4 cm³/mol. The molecule has 0 amide bonds. The van der Waals surface area contributed by atoms with Crippen molar-refractivity contribution >= 4 is 11.3 Å². The summed E-state index contributed by atoms with van der Waals surface area (Å²) in [7, 11) is 0. The lowest BCUT2D eigenvalue weighted by Crippen LogP contribution is -2.07. The number of benzene rings is 1. The van der Waals surface area contributed by atoms with Gasteiger partial charge in [-0.2, -0.15) is 18.3 Å². The van der Waals surface area contributed by atoms with Gasteiger partial charge in [0.05, 0.1) is 5.69 Å². The first-order valence-corrected chi connectivity index (χ1v) is 6.98. The number of rotatable bonds is 2. The van der Waals surface area contributed by atoms with Gasteiger partial charge in [0.15, 0.2) is 5.69 Å². The van der Waals surface area contributed by atoms with Crippen molar-refractivity contribution in [2.45, 2.75) is 13.1 Å². The Morgan fingerprint density at radius 3 is 2.48 bits per heavy atom. The molecule has 0 bridgehead atoms. The minimum absolute atomic E-state index is 0.399. The summed E-state index contributed by atoms with van der Waals surface area (Å²) in [5, 5.41) is 5.82. The first kappa shape index (κ1) is 13.8. The second-order valence-electron chi connectivity index (χ2n) is 4.46. The largest absolute Gasteiger partial charge is 0.435 e. The van der Waals surface area contributed by atoms with E-state index < -0.39 is 11.9 Å². The van der Waals surface area contributed by atoms with E-state index in [4.69, 9.17) is 0 Å². The highest BCUT2D eigenvalue weighted by molar-refractivity contribution is 7.12. The fourth-order valence-electron chi connectivity index (χ4n) is 1.91. The monoisotopic (exact) mass is 309 g/mol. The Morgan fingerprint density at radius 2 is 1.86 bits per heavy atom. The van der Waals surface area contributed by atoms with Crippen LogP contribution in [0.15, 0.2) is 41.8 Å². The summed E-state index contributed by atoms with van der Waals surface area (Å²) in [4.78, 5) is 4.36. The van der Waals surface area contributed by atoms with Gasteiger partial charge >= 0.3 is 6.18 Å². The van der Waals surface area contributed by atoms with Crippen molar-refractivity contribution in [1.82, 2.24) is 14.8 Å². The summed E-state index contributed by atoms with van der Waals surface area (Å²) in [6, 6.07) is 10.5. The van der Waals surface area contributed by atoms with Gasteiger partial charge in [-0.15, -0.1) is 11.3 Å². The quantitative estimate of drug-likeness (QED) is 0.705. The molecule has 0 aliphatic carbocycles. The summed E-state index contributed by atoms with van der Waals surface area (Å²) in [6.45, 7) is 1.58. The zero-order valence-electron chi connectivity index (χ0n) is 10.9. The van der Waals surface area contributed by atoms with Crippen LogP contribution in [0.1, 0.15) is 11.4 Å². The molecule has 0 aliphatic heterocycles. The number of nitrogens with zero attached hydrogens (tertiary/aromatic N) is 3. The average Bonchev–Trinajstić information content (AvgIpc) is 3.05. The molecule has 0 fully saturated rings. The van der Waals surface area contributed by atoms with Gasteiger partial charge in [-0.3, -0.25) is 0 Å². The summed E-state index contributed by atoms with van der Waals surface area (Å²) in [5.41, 5.74) is 1.13. The van der Waals surface area contributed by atoms with Crippen molar-refractivity contribution in [3.05, 3.63) is 53.2 Å². The van der Waals surface area contributed by atoms with Crippen LogP contribution < -0.4 is 0 Å². The van der Waals surface area contributed by atoms with Gasteiger partial charge in [0.1, 0.15) is 0 Å². The first-order chi connectivity index (χ1) is 9.95. The molecule has 21 heavy (non-hydrogen) atoms. The SMILES string of the molecule is Cc1cc(C(F)(F)F)nn1-c1nc(-c2ccccc2)cs1. The van der Waals surface area contributed by atoms with E-state index >= 15 is 0 Å². The first-order valence-electron chi connectivity index (χ1n) is 6.10. The Hall–Kier alpha value is -2.15. The molecule has 3 nitrogen and oxygen atoms in total. The number of aromatic nitrogens is 3. The zero-order valence-corrected chi connectivity index (χ0v) is 11.7. The molecule has 2 heterocycles. The van der Waals surface area contributed by atoms with Gasteiger partial charge < -0.3 is 0 Å². The number of thiazole rings is 1. The summed E-state index contributed by atoms with van der Waals surface area (Å²) in [5.74, 6) is 0. The molecule has 0 aliphatic rings. The van der Waals surface area contributed by atoms with Crippen molar-refractivity contribution in [3.8, 4) is 16.4 Å². The Bertz CT molecular complexity index is 759. The second-order valence-corrected chi connectivity index (χ2v) is 5.30. The van der Waals surface area contributed by atoms with Gasteiger partial charge in [0.25, 0.3) is 0 Å². The topological polar surface area (TPSA) is 30.7 Å². The van der Waals surface area contributed by atoms with E-state index in [2.05, 4.69) is 10.1 Å². The molecule has 3 rings (SSSR count). The Kier molecular flexibility index (Phi) is 3.29. The standard InChI is InChI=1S/C14H10F3N3S/c1-9-7-12(14(15,16)17)19-20(9)13-18-11(8-21-13)10-5-3-2-4-6-10/h2-8H,1H3. The molecule has 7 heteroatoms. The molecule has 0 unspecified atom stereocenters. The molecule has 1 aromatic carbocycles. The van der Waals surface area contributed by atoms with Crippen molar-refractivity contribution in [2.24, 2.45) is 0 Å². The second kappa shape index (κ2) is 5.00. The maximum Gasteiger partial charge on any atom is 0.435 e. The predicted octanol–water partition coefficient (Wildman–Crippen LogP) is 4.32. The van der Waals surface area contributed by atoms with Gasteiger partial charge in [-0.1, -0.05) is 30.3 Å². The highest BCUT2D eigenvalue weighted by Crippen LogP contribution is 2.30. The maximum absolute atomic E-state index is 12.7.